The molecule has 0 aromatic carbocycles. The quantitative estimate of drug-likeness (QED) is 0.897. The SMILES string of the molecule is Cc1csc(C(F)(F)C(=O)O)c1Br. The van der Waals surface area contributed by atoms with Crippen LogP contribution in [-0.2, 0) is 10.7 Å². The first-order valence-electron chi connectivity index (χ1n) is 3.22. The van der Waals surface area contributed by atoms with Crippen molar-refractivity contribution in [1.82, 2.24) is 0 Å². The molecule has 1 rings (SSSR count). The Hall–Kier alpha value is -0.490. The van der Waals surface area contributed by atoms with E-state index in [-0.39, 0.29) is 4.47 Å². The van der Waals surface area contributed by atoms with Gasteiger partial charge in [0.25, 0.3) is 0 Å². The van der Waals surface area contributed by atoms with Crippen LogP contribution in [0.4, 0.5) is 8.78 Å². The van der Waals surface area contributed by atoms with Gasteiger partial charge < -0.3 is 5.11 Å². The van der Waals surface area contributed by atoms with E-state index in [0.29, 0.717) is 5.56 Å². The summed E-state index contributed by atoms with van der Waals surface area (Å²) in [5.41, 5.74) is 0.612. The molecule has 2 nitrogen and oxygen atoms in total. The van der Waals surface area contributed by atoms with Gasteiger partial charge in [-0.3, -0.25) is 0 Å². The van der Waals surface area contributed by atoms with Gasteiger partial charge in [-0.15, -0.1) is 11.3 Å². The van der Waals surface area contributed by atoms with Gasteiger partial charge in [-0.2, -0.15) is 8.78 Å². The van der Waals surface area contributed by atoms with E-state index in [1.165, 1.54) is 5.38 Å². The van der Waals surface area contributed by atoms with Gasteiger partial charge in [0.2, 0.25) is 0 Å². The van der Waals surface area contributed by atoms with Crippen LogP contribution >= 0.6 is 27.3 Å². The van der Waals surface area contributed by atoms with Crippen molar-refractivity contribution in [2.24, 2.45) is 0 Å². The lowest BCUT2D eigenvalue weighted by atomic mass is 10.2. The standard InChI is InChI=1S/C7H5BrF2O2S/c1-3-2-13-5(4(3)8)7(9,10)6(11)12/h2H,1H3,(H,11,12). The van der Waals surface area contributed by atoms with Crippen LogP contribution < -0.4 is 0 Å². The molecule has 0 fully saturated rings. The summed E-state index contributed by atoms with van der Waals surface area (Å²) in [6.45, 7) is 1.63. The van der Waals surface area contributed by atoms with Gasteiger partial charge in [-0.05, 0) is 33.8 Å². The fourth-order valence-electron chi connectivity index (χ4n) is 0.739. The number of carboxylic acid groups (broad SMARTS) is 1. The van der Waals surface area contributed by atoms with Crippen molar-refractivity contribution in [3.05, 3.63) is 20.3 Å². The molecule has 0 aliphatic carbocycles. The summed E-state index contributed by atoms with van der Waals surface area (Å²) in [5, 5.41) is 9.75. The van der Waals surface area contributed by atoms with Crippen molar-refractivity contribution in [2.45, 2.75) is 12.8 Å². The lowest BCUT2D eigenvalue weighted by molar-refractivity contribution is -0.165. The number of halogens is 3. The summed E-state index contributed by atoms with van der Waals surface area (Å²) in [4.78, 5) is 9.76. The normalized spacial score (nSPS) is 11.7. The van der Waals surface area contributed by atoms with E-state index in [1.807, 2.05) is 0 Å². The Morgan fingerprint density at radius 3 is 2.54 bits per heavy atom. The number of hydrogen-bond acceptors (Lipinski definition) is 2. The monoisotopic (exact) mass is 270 g/mol. The lowest BCUT2D eigenvalue weighted by Gasteiger charge is -2.08. The Labute approximate surface area is 85.3 Å². The molecular formula is C7H5BrF2O2S. The molecule has 0 bridgehead atoms. The molecule has 1 aromatic heterocycles. The minimum atomic E-state index is -3.81. The minimum Gasteiger partial charge on any atom is -0.477 e. The number of aryl methyl sites for hydroxylation is 1. The molecule has 0 saturated heterocycles. The van der Waals surface area contributed by atoms with Gasteiger partial charge in [0.15, 0.2) is 0 Å². The Morgan fingerprint density at radius 2 is 2.23 bits per heavy atom. The molecule has 0 amide bonds. The molecule has 1 heterocycles. The molecule has 13 heavy (non-hydrogen) atoms. The predicted molar refractivity (Wildman–Crippen MR) is 48.3 cm³/mol. The molecule has 1 N–H and O–H groups in total. The maximum absolute atomic E-state index is 12.9. The van der Waals surface area contributed by atoms with Gasteiger partial charge in [0.1, 0.15) is 0 Å². The van der Waals surface area contributed by atoms with E-state index in [2.05, 4.69) is 15.9 Å². The zero-order valence-corrected chi connectivity index (χ0v) is 8.88. The fraction of sp³-hybridized carbons (Fsp3) is 0.286. The first-order chi connectivity index (χ1) is 5.87. The number of aliphatic carboxylic acids is 1. The van der Waals surface area contributed by atoms with Gasteiger partial charge in [0.05, 0.1) is 4.88 Å². The van der Waals surface area contributed by atoms with Crippen molar-refractivity contribution >= 4 is 33.2 Å². The number of carboxylic acids is 1. The summed E-state index contributed by atoms with van der Waals surface area (Å²) in [6.07, 6.45) is 0. The van der Waals surface area contributed by atoms with Crippen LogP contribution in [0.15, 0.2) is 9.85 Å². The van der Waals surface area contributed by atoms with Gasteiger partial charge in [0, 0.05) is 4.47 Å². The number of rotatable bonds is 2. The van der Waals surface area contributed by atoms with Crippen molar-refractivity contribution in [3.63, 3.8) is 0 Å². The summed E-state index contributed by atoms with van der Waals surface area (Å²) < 4.78 is 26.0. The highest BCUT2D eigenvalue weighted by atomic mass is 79.9. The van der Waals surface area contributed by atoms with Crippen LogP contribution in [0.3, 0.4) is 0 Å². The lowest BCUT2D eigenvalue weighted by Crippen LogP contribution is -2.24. The highest BCUT2D eigenvalue weighted by molar-refractivity contribution is 9.10. The van der Waals surface area contributed by atoms with Crippen molar-refractivity contribution in [1.29, 1.82) is 0 Å². The second-order valence-corrected chi connectivity index (χ2v) is 4.11. The number of thiophene rings is 1. The average molecular weight is 271 g/mol. The predicted octanol–water partition coefficient (Wildman–Crippen LogP) is 3.00. The first-order valence-corrected chi connectivity index (χ1v) is 4.90. The molecule has 0 saturated carbocycles. The third kappa shape index (κ3) is 1.73. The molecule has 0 aliphatic heterocycles. The van der Waals surface area contributed by atoms with Crippen LogP contribution in [0.25, 0.3) is 0 Å². The minimum absolute atomic E-state index is 0.171. The Kier molecular flexibility index (Phi) is 2.72. The average Bonchev–Trinajstić information content (AvgIpc) is 2.33. The third-order valence-corrected chi connectivity index (χ3v) is 3.90. The maximum Gasteiger partial charge on any atom is 0.380 e. The van der Waals surface area contributed by atoms with Crippen LogP contribution in [0.2, 0.25) is 0 Å². The van der Waals surface area contributed by atoms with Gasteiger partial charge in [-0.25, -0.2) is 4.79 Å². The largest absolute Gasteiger partial charge is 0.477 e. The van der Waals surface area contributed by atoms with Crippen molar-refractivity contribution in [2.75, 3.05) is 0 Å². The Morgan fingerprint density at radius 1 is 1.69 bits per heavy atom. The second kappa shape index (κ2) is 3.34. The van der Waals surface area contributed by atoms with Crippen LogP contribution in [0.1, 0.15) is 10.4 Å². The van der Waals surface area contributed by atoms with E-state index in [1.54, 1.807) is 6.92 Å². The van der Waals surface area contributed by atoms with Gasteiger partial charge in [-0.1, -0.05) is 0 Å². The molecule has 0 unspecified atom stereocenters. The number of hydrogen-bond donors (Lipinski definition) is 1. The Bertz CT molecular complexity index is 348. The van der Waals surface area contributed by atoms with E-state index >= 15 is 0 Å². The smallest absolute Gasteiger partial charge is 0.380 e. The molecular weight excluding hydrogens is 266 g/mol. The van der Waals surface area contributed by atoms with E-state index < -0.39 is 16.8 Å². The van der Waals surface area contributed by atoms with E-state index in [0.717, 1.165) is 11.3 Å². The zero-order valence-electron chi connectivity index (χ0n) is 6.47. The van der Waals surface area contributed by atoms with Crippen molar-refractivity contribution < 1.29 is 18.7 Å². The molecule has 1 aromatic rings. The summed E-state index contributed by atoms with van der Waals surface area (Å²) in [5.74, 6) is -5.94. The highest BCUT2D eigenvalue weighted by Crippen LogP contribution is 2.39. The van der Waals surface area contributed by atoms with E-state index in [9.17, 15) is 13.6 Å². The summed E-state index contributed by atoms with van der Waals surface area (Å²) in [6, 6.07) is 0. The summed E-state index contributed by atoms with van der Waals surface area (Å²) in [7, 11) is 0. The molecule has 0 aliphatic rings. The van der Waals surface area contributed by atoms with Crippen LogP contribution in [0, 0.1) is 6.92 Å². The summed E-state index contributed by atoms with van der Waals surface area (Å²) >= 11 is 3.66. The van der Waals surface area contributed by atoms with E-state index in [4.69, 9.17) is 5.11 Å². The second-order valence-electron chi connectivity index (χ2n) is 2.44. The maximum atomic E-state index is 12.9. The highest BCUT2D eigenvalue weighted by Gasteiger charge is 2.44. The van der Waals surface area contributed by atoms with Crippen molar-refractivity contribution in [3.8, 4) is 0 Å². The van der Waals surface area contributed by atoms with Crippen LogP contribution in [0.5, 0.6) is 0 Å². The Balaban J connectivity index is 3.22. The fourth-order valence-corrected chi connectivity index (χ4v) is 2.45. The molecule has 72 valence electrons. The molecule has 0 atom stereocenters. The molecule has 0 spiro atoms. The number of alkyl halides is 2. The van der Waals surface area contributed by atoms with Crippen LogP contribution in [-0.4, -0.2) is 11.1 Å². The topological polar surface area (TPSA) is 37.3 Å². The van der Waals surface area contributed by atoms with Gasteiger partial charge >= 0.3 is 11.9 Å². The molecule has 6 heteroatoms. The first kappa shape index (κ1) is 10.6. The third-order valence-electron chi connectivity index (χ3n) is 1.45. The molecule has 0 radical (unpaired) electrons. The number of carbonyl (C=O) groups is 1. The zero-order chi connectivity index (χ0) is 10.2.